The predicted octanol–water partition coefficient (Wildman–Crippen LogP) is 6.13. The van der Waals surface area contributed by atoms with E-state index in [1.54, 1.807) is 40.3 Å². The highest BCUT2D eigenvalue weighted by Gasteiger charge is 2.39. The quantitative estimate of drug-likeness (QED) is 0.489. The molecule has 1 unspecified atom stereocenters. The van der Waals surface area contributed by atoms with E-state index in [2.05, 4.69) is 0 Å². The highest BCUT2D eigenvalue weighted by Crippen LogP contribution is 2.46. The van der Waals surface area contributed by atoms with Crippen molar-refractivity contribution >= 4 is 39.5 Å². The van der Waals surface area contributed by atoms with Crippen LogP contribution in [0.15, 0.2) is 88.8 Å². The zero-order valence-electron chi connectivity index (χ0n) is 15.8. The van der Waals surface area contributed by atoms with Gasteiger partial charge >= 0.3 is 0 Å². The Kier molecular flexibility index (Phi) is 5.72. The second kappa shape index (κ2) is 8.27. The molecule has 0 bridgehead atoms. The van der Waals surface area contributed by atoms with Crippen LogP contribution in [-0.2, 0) is 10.0 Å². The van der Waals surface area contributed by atoms with Gasteiger partial charge in [0.2, 0.25) is 0 Å². The third kappa shape index (κ3) is 4.22. The Balaban J connectivity index is 1.82. The first-order chi connectivity index (χ1) is 13.9. The van der Waals surface area contributed by atoms with Crippen molar-refractivity contribution in [1.29, 1.82) is 0 Å². The van der Waals surface area contributed by atoms with E-state index in [9.17, 15) is 8.42 Å². The lowest BCUT2D eigenvalue weighted by Gasteiger charge is -2.27. The van der Waals surface area contributed by atoms with Crippen LogP contribution in [0.5, 0.6) is 0 Å². The van der Waals surface area contributed by atoms with Gasteiger partial charge in [0.15, 0.2) is 0 Å². The van der Waals surface area contributed by atoms with Gasteiger partial charge in [-0.1, -0.05) is 71.8 Å². The second-order valence-corrected chi connectivity index (χ2v) is 10.2. The largest absolute Gasteiger partial charge is 0.265 e. The maximum absolute atomic E-state index is 13.6. The fraction of sp³-hybridized carbons (Fsp3) is 0.130. The Morgan fingerprint density at radius 1 is 0.966 bits per heavy atom. The molecule has 3 aromatic rings. The van der Waals surface area contributed by atoms with Crippen LogP contribution in [0.4, 0.5) is 0 Å². The average molecular weight is 442 g/mol. The van der Waals surface area contributed by atoms with Crippen LogP contribution in [0.25, 0.3) is 6.08 Å². The Hall–Kier alpha value is -2.21. The number of benzene rings is 3. The van der Waals surface area contributed by atoms with Gasteiger partial charge in [0.1, 0.15) is 0 Å². The van der Waals surface area contributed by atoms with Gasteiger partial charge in [-0.05, 0) is 48.4 Å². The van der Waals surface area contributed by atoms with Crippen LogP contribution in [0.2, 0.25) is 5.02 Å². The average Bonchev–Trinajstić information content (AvgIpc) is 3.14. The standard InChI is InChI=1S/C23H20ClNO2S2/c1-17-7-13-21(14-8-17)29(26,27)25-22(19-9-11-20(24)12-10-19)16-28-23(25)15-18-5-3-2-4-6-18/h2-15,22H,16H2,1H3. The van der Waals surface area contributed by atoms with Crippen molar-refractivity contribution in [3.63, 3.8) is 0 Å². The number of rotatable bonds is 4. The molecule has 148 valence electrons. The number of halogens is 1. The van der Waals surface area contributed by atoms with E-state index in [-0.39, 0.29) is 6.04 Å². The van der Waals surface area contributed by atoms with Gasteiger partial charge in [-0.25, -0.2) is 8.42 Å². The first-order valence-corrected chi connectivity index (χ1v) is 12.0. The summed E-state index contributed by atoms with van der Waals surface area (Å²) in [5, 5.41) is 1.35. The monoisotopic (exact) mass is 441 g/mol. The summed E-state index contributed by atoms with van der Waals surface area (Å²) in [7, 11) is -3.72. The summed E-state index contributed by atoms with van der Waals surface area (Å²) in [6, 6.07) is 23.9. The zero-order chi connectivity index (χ0) is 20.4. The van der Waals surface area contributed by atoms with E-state index < -0.39 is 10.0 Å². The van der Waals surface area contributed by atoms with Gasteiger partial charge in [-0.15, -0.1) is 11.8 Å². The van der Waals surface area contributed by atoms with E-state index in [1.807, 2.05) is 67.6 Å². The molecule has 0 saturated carbocycles. The predicted molar refractivity (Wildman–Crippen MR) is 121 cm³/mol. The normalized spacial score (nSPS) is 18.3. The third-order valence-electron chi connectivity index (χ3n) is 4.81. The molecule has 6 heteroatoms. The van der Waals surface area contributed by atoms with Crippen molar-refractivity contribution in [3.8, 4) is 0 Å². The molecule has 0 spiro atoms. The van der Waals surface area contributed by atoms with Gasteiger partial charge in [0.25, 0.3) is 10.0 Å². The van der Waals surface area contributed by atoms with E-state index in [0.717, 1.165) is 21.7 Å². The molecule has 3 nitrogen and oxygen atoms in total. The molecular formula is C23H20ClNO2S2. The van der Waals surface area contributed by atoms with Gasteiger partial charge in [0, 0.05) is 10.8 Å². The Morgan fingerprint density at radius 2 is 1.62 bits per heavy atom. The number of hydrogen-bond donors (Lipinski definition) is 0. The molecule has 1 atom stereocenters. The lowest BCUT2D eigenvalue weighted by Crippen LogP contribution is -2.30. The zero-order valence-corrected chi connectivity index (χ0v) is 18.2. The molecule has 3 aromatic carbocycles. The molecule has 0 amide bonds. The Bertz CT molecular complexity index is 1130. The minimum absolute atomic E-state index is 0.293. The summed E-state index contributed by atoms with van der Waals surface area (Å²) in [5.74, 6) is 0.644. The molecule has 1 aliphatic heterocycles. The molecule has 1 aliphatic rings. The Labute approximate surface area is 181 Å². The molecule has 1 saturated heterocycles. The van der Waals surface area contributed by atoms with Crippen LogP contribution < -0.4 is 0 Å². The molecule has 1 fully saturated rings. The molecule has 29 heavy (non-hydrogen) atoms. The molecule has 0 radical (unpaired) electrons. The third-order valence-corrected chi connectivity index (χ3v) is 8.11. The van der Waals surface area contributed by atoms with Crippen LogP contribution in [0, 0.1) is 6.92 Å². The number of hydrogen-bond acceptors (Lipinski definition) is 3. The summed E-state index contributed by atoms with van der Waals surface area (Å²) in [6.45, 7) is 1.94. The highest BCUT2D eigenvalue weighted by atomic mass is 35.5. The molecule has 0 aliphatic carbocycles. The fourth-order valence-electron chi connectivity index (χ4n) is 3.27. The van der Waals surface area contributed by atoms with Crippen molar-refractivity contribution in [2.45, 2.75) is 17.9 Å². The molecule has 1 heterocycles. The molecule has 0 N–H and O–H groups in total. The van der Waals surface area contributed by atoms with E-state index >= 15 is 0 Å². The summed E-state index contributed by atoms with van der Waals surface area (Å²) in [5.41, 5.74) is 2.92. The first kappa shape index (κ1) is 20.1. The number of nitrogens with zero attached hydrogens (tertiary/aromatic N) is 1. The fourth-order valence-corrected chi connectivity index (χ4v) is 6.62. The number of thioether (sulfide) groups is 1. The summed E-state index contributed by atoms with van der Waals surface area (Å²) in [6.07, 6.45) is 1.94. The van der Waals surface area contributed by atoms with Gasteiger partial charge in [-0.3, -0.25) is 4.31 Å². The first-order valence-electron chi connectivity index (χ1n) is 9.21. The van der Waals surface area contributed by atoms with E-state index in [0.29, 0.717) is 15.7 Å². The van der Waals surface area contributed by atoms with Gasteiger partial charge in [0.05, 0.1) is 16.0 Å². The molecule has 0 aromatic heterocycles. The van der Waals surface area contributed by atoms with Crippen LogP contribution in [-0.4, -0.2) is 18.5 Å². The maximum atomic E-state index is 13.6. The highest BCUT2D eigenvalue weighted by molar-refractivity contribution is 8.04. The molecular weight excluding hydrogens is 422 g/mol. The van der Waals surface area contributed by atoms with Crippen molar-refractivity contribution in [3.05, 3.63) is 106 Å². The smallest absolute Gasteiger partial charge is 0.252 e. The number of sulfonamides is 1. The van der Waals surface area contributed by atoms with Crippen LogP contribution in [0.1, 0.15) is 22.7 Å². The maximum Gasteiger partial charge on any atom is 0.265 e. The summed E-state index contributed by atoms with van der Waals surface area (Å²) in [4.78, 5) is 0.295. The second-order valence-electron chi connectivity index (χ2n) is 6.89. The van der Waals surface area contributed by atoms with Crippen molar-refractivity contribution in [2.24, 2.45) is 0 Å². The lowest BCUT2D eigenvalue weighted by molar-refractivity contribution is 0.443. The Morgan fingerprint density at radius 3 is 2.28 bits per heavy atom. The van der Waals surface area contributed by atoms with E-state index in [4.69, 9.17) is 11.6 Å². The van der Waals surface area contributed by atoms with E-state index in [1.165, 1.54) is 0 Å². The van der Waals surface area contributed by atoms with Crippen molar-refractivity contribution in [2.75, 3.05) is 5.75 Å². The van der Waals surface area contributed by atoms with Gasteiger partial charge < -0.3 is 0 Å². The minimum atomic E-state index is -3.72. The van der Waals surface area contributed by atoms with Crippen molar-refractivity contribution in [1.82, 2.24) is 4.31 Å². The summed E-state index contributed by atoms with van der Waals surface area (Å²) < 4.78 is 28.8. The number of aryl methyl sites for hydroxylation is 1. The van der Waals surface area contributed by atoms with Gasteiger partial charge in [-0.2, -0.15) is 0 Å². The minimum Gasteiger partial charge on any atom is -0.252 e. The van der Waals surface area contributed by atoms with Crippen LogP contribution in [0.3, 0.4) is 0 Å². The van der Waals surface area contributed by atoms with Crippen LogP contribution >= 0.6 is 23.4 Å². The van der Waals surface area contributed by atoms with Crippen molar-refractivity contribution < 1.29 is 8.42 Å². The summed E-state index contributed by atoms with van der Waals surface area (Å²) >= 11 is 7.59. The topological polar surface area (TPSA) is 37.4 Å². The molecule has 4 rings (SSSR count). The SMILES string of the molecule is Cc1ccc(S(=O)(=O)N2C(=Cc3ccccc3)SCC2c2ccc(Cl)cc2)cc1. The lowest BCUT2D eigenvalue weighted by atomic mass is 10.1.